The number of nitrogens with zero attached hydrogens (tertiary/aromatic N) is 2. The van der Waals surface area contributed by atoms with Crippen LogP contribution in [-0.2, 0) is 4.79 Å². The van der Waals surface area contributed by atoms with Gasteiger partial charge in [0, 0.05) is 5.54 Å². The van der Waals surface area contributed by atoms with E-state index in [1.54, 1.807) is 6.08 Å². The first-order chi connectivity index (χ1) is 6.02. The van der Waals surface area contributed by atoms with Gasteiger partial charge in [-0.2, -0.15) is 5.26 Å². The summed E-state index contributed by atoms with van der Waals surface area (Å²) in [5.74, 6) is -0.643. The van der Waals surface area contributed by atoms with Crippen LogP contribution < -0.4 is 5.73 Å². The lowest BCUT2D eigenvalue weighted by molar-refractivity contribution is -0.114. The molecule has 4 heteroatoms. The Morgan fingerprint density at radius 1 is 1.62 bits per heavy atom. The van der Waals surface area contributed by atoms with Gasteiger partial charge in [0.25, 0.3) is 5.91 Å². The van der Waals surface area contributed by atoms with Crippen LogP contribution in [0.5, 0.6) is 0 Å². The first kappa shape index (κ1) is 9.75. The number of nitrogens with two attached hydrogens (primary N) is 1. The second-order valence-electron chi connectivity index (χ2n) is 3.53. The fourth-order valence-electron chi connectivity index (χ4n) is 1.28. The van der Waals surface area contributed by atoms with E-state index in [1.807, 2.05) is 25.1 Å². The molecule has 1 aliphatic rings. The molecule has 0 bridgehead atoms. The zero-order valence-electron chi connectivity index (χ0n) is 7.87. The van der Waals surface area contributed by atoms with E-state index in [0.29, 0.717) is 0 Å². The van der Waals surface area contributed by atoms with Crippen LogP contribution in [0.3, 0.4) is 0 Å². The van der Waals surface area contributed by atoms with Crippen molar-refractivity contribution in [3.63, 3.8) is 0 Å². The number of rotatable bonds is 3. The van der Waals surface area contributed by atoms with Crippen molar-refractivity contribution in [1.29, 1.82) is 5.26 Å². The van der Waals surface area contributed by atoms with Gasteiger partial charge < -0.3 is 10.6 Å². The van der Waals surface area contributed by atoms with E-state index in [1.165, 1.54) is 0 Å². The van der Waals surface area contributed by atoms with E-state index >= 15 is 0 Å². The zero-order valence-corrected chi connectivity index (χ0v) is 7.87. The van der Waals surface area contributed by atoms with Gasteiger partial charge in [-0.25, -0.2) is 0 Å². The Bertz CT molecular complexity index is 294. The Morgan fingerprint density at radius 3 is 2.38 bits per heavy atom. The van der Waals surface area contributed by atoms with Gasteiger partial charge in [-0.15, -0.1) is 0 Å². The van der Waals surface area contributed by atoms with E-state index in [4.69, 9.17) is 11.0 Å². The SMILES string of the molecule is CN(C)C1(C=C(C#N)C(N)=O)CC1. The van der Waals surface area contributed by atoms with Gasteiger partial charge in [0.2, 0.25) is 0 Å². The third-order valence-corrected chi connectivity index (χ3v) is 2.45. The van der Waals surface area contributed by atoms with Crippen LogP contribution in [0, 0.1) is 11.3 Å². The summed E-state index contributed by atoms with van der Waals surface area (Å²) in [5.41, 5.74) is 5.00. The molecule has 2 N–H and O–H groups in total. The molecule has 0 heterocycles. The molecule has 4 nitrogen and oxygen atoms in total. The molecule has 0 aliphatic heterocycles. The van der Waals surface area contributed by atoms with Crippen molar-refractivity contribution in [2.75, 3.05) is 14.1 Å². The topological polar surface area (TPSA) is 70.1 Å². The van der Waals surface area contributed by atoms with Crippen LogP contribution in [-0.4, -0.2) is 30.4 Å². The maximum atomic E-state index is 10.8. The van der Waals surface area contributed by atoms with Gasteiger partial charge in [-0.1, -0.05) is 0 Å². The molecular weight excluding hydrogens is 166 g/mol. The molecule has 0 unspecified atom stereocenters. The molecule has 0 atom stereocenters. The molecular formula is C9H13N3O. The number of likely N-dealkylation sites (N-methyl/N-ethyl adjacent to an activating group) is 1. The average Bonchev–Trinajstić information content (AvgIpc) is 2.80. The van der Waals surface area contributed by atoms with Gasteiger partial charge in [0.05, 0.1) is 0 Å². The molecule has 13 heavy (non-hydrogen) atoms. The number of hydrogen-bond donors (Lipinski definition) is 1. The van der Waals surface area contributed by atoms with E-state index in [0.717, 1.165) is 12.8 Å². The second-order valence-corrected chi connectivity index (χ2v) is 3.53. The second kappa shape index (κ2) is 3.19. The minimum atomic E-state index is -0.643. The normalized spacial score (nSPS) is 19.7. The summed E-state index contributed by atoms with van der Waals surface area (Å²) in [6.45, 7) is 0. The highest BCUT2D eigenvalue weighted by molar-refractivity contribution is 5.96. The summed E-state index contributed by atoms with van der Waals surface area (Å²) in [6.07, 6.45) is 3.65. The molecule has 1 fully saturated rings. The standard InChI is InChI=1S/C9H13N3O/c1-12(2)9(3-4-9)5-7(6-10)8(11)13/h5H,3-4H2,1-2H3,(H2,11,13). The van der Waals surface area contributed by atoms with Crippen LogP contribution in [0.4, 0.5) is 0 Å². The summed E-state index contributed by atoms with van der Waals surface area (Å²) < 4.78 is 0. The largest absolute Gasteiger partial charge is 0.365 e. The molecule has 0 spiro atoms. The van der Waals surface area contributed by atoms with Crippen LogP contribution in [0.1, 0.15) is 12.8 Å². The molecule has 0 radical (unpaired) electrons. The Balaban J connectivity index is 2.86. The third-order valence-electron chi connectivity index (χ3n) is 2.45. The fraction of sp³-hybridized carbons (Fsp3) is 0.556. The molecule has 1 amide bonds. The maximum absolute atomic E-state index is 10.8. The lowest BCUT2D eigenvalue weighted by Gasteiger charge is -2.19. The average molecular weight is 179 g/mol. The maximum Gasteiger partial charge on any atom is 0.259 e. The van der Waals surface area contributed by atoms with Crippen molar-refractivity contribution < 1.29 is 4.79 Å². The number of nitriles is 1. The highest BCUT2D eigenvalue weighted by Gasteiger charge is 2.43. The molecule has 0 aromatic heterocycles. The number of carbonyl (C=O) groups excluding carboxylic acids is 1. The molecule has 1 rings (SSSR count). The lowest BCUT2D eigenvalue weighted by Crippen LogP contribution is -2.29. The van der Waals surface area contributed by atoms with Gasteiger partial charge in [0.15, 0.2) is 0 Å². The molecule has 0 aromatic carbocycles. The van der Waals surface area contributed by atoms with Crippen molar-refractivity contribution in [2.24, 2.45) is 5.73 Å². The summed E-state index contributed by atoms with van der Waals surface area (Å²) in [5, 5.41) is 8.63. The van der Waals surface area contributed by atoms with Crippen molar-refractivity contribution >= 4 is 5.91 Å². The number of hydrogen-bond acceptors (Lipinski definition) is 3. The van der Waals surface area contributed by atoms with E-state index in [-0.39, 0.29) is 11.1 Å². The number of primary amides is 1. The molecule has 70 valence electrons. The van der Waals surface area contributed by atoms with Gasteiger partial charge in [-0.05, 0) is 33.0 Å². The van der Waals surface area contributed by atoms with Gasteiger partial charge in [0.1, 0.15) is 11.6 Å². The summed E-state index contributed by atoms with van der Waals surface area (Å²) in [4.78, 5) is 12.8. The molecule has 1 saturated carbocycles. The van der Waals surface area contributed by atoms with E-state index < -0.39 is 5.91 Å². The Labute approximate surface area is 77.6 Å². The predicted molar refractivity (Wildman–Crippen MR) is 48.5 cm³/mol. The van der Waals surface area contributed by atoms with Crippen molar-refractivity contribution in [1.82, 2.24) is 4.90 Å². The zero-order chi connectivity index (χ0) is 10.1. The fourth-order valence-corrected chi connectivity index (χ4v) is 1.28. The summed E-state index contributed by atoms with van der Waals surface area (Å²) in [6, 6.07) is 1.81. The smallest absolute Gasteiger partial charge is 0.259 e. The van der Waals surface area contributed by atoms with Gasteiger partial charge >= 0.3 is 0 Å². The van der Waals surface area contributed by atoms with Crippen molar-refractivity contribution in [3.8, 4) is 6.07 Å². The summed E-state index contributed by atoms with van der Waals surface area (Å²) in [7, 11) is 3.86. The summed E-state index contributed by atoms with van der Waals surface area (Å²) >= 11 is 0. The Morgan fingerprint density at radius 2 is 2.15 bits per heavy atom. The highest BCUT2D eigenvalue weighted by atomic mass is 16.1. The van der Waals surface area contributed by atoms with Crippen LogP contribution in [0.15, 0.2) is 11.6 Å². The Hall–Kier alpha value is -1.34. The van der Waals surface area contributed by atoms with Crippen molar-refractivity contribution in [3.05, 3.63) is 11.6 Å². The van der Waals surface area contributed by atoms with E-state index in [2.05, 4.69) is 0 Å². The first-order valence-electron chi connectivity index (χ1n) is 4.12. The number of carbonyl (C=O) groups is 1. The van der Waals surface area contributed by atoms with Crippen LogP contribution in [0.2, 0.25) is 0 Å². The van der Waals surface area contributed by atoms with E-state index in [9.17, 15) is 4.79 Å². The minimum Gasteiger partial charge on any atom is -0.365 e. The number of amides is 1. The first-order valence-corrected chi connectivity index (χ1v) is 4.12. The van der Waals surface area contributed by atoms with Crippen LogP contribution >= 0.6 is 0 Å². The van der Waals surface area contributed by atoms with Gasteiger partial charge in [-0.3, -0.25) is 4.79 Å². The minimum absolute atomic E-state index is 0.0613. The Kier molecular flexibility index (Phi) is 2.39. The quantitative estimate of drug-likeness (QED) is 0.490. The lowest BCUT2D eigenvalue weighted by atomic mass is 10.1. The monoisotopic (exact) mass is 179 g/mol. The van der Waals surface area contributed by atoms with Crippen molar-refractivity contribution in [2.45, 2.75) is 18.4 Å². The molecule has 0 aromatic rings. The third kappa shape index (κ3) is 1.87. The van der Waals surface area contributed by atoms with Crippen LogP contribution in [0.25, 0.3) is 0 Å². The predicted octanol–water partition coefficient (Wildman–Crippen LogP) is 0.0159. The molecule has 0 saturated heterocycles. The molecule has 1 aliphatic carbocycles. The highest BCUT2D eigenvalue weighted by Crippen LogP contribution is 2.42.